The molecule has 0 bridgehead atoms. The van der Waals surface area contributed by atoms with Crippen LogP contribution >= 0.6 is 11.3 Å². The first-order valence-corrected chi connectivity index (χ1v) is 9.19. The Morgan fingerprint density at radius 1 is 1.23 bits per heavy atom. The first-order valence-electron chi connectivity index (χ1n) is 8.37. The lowest BCUT2D eigenvalue weighted by Gasteiger charge is -2.19. The first kappa shape index (κ1) is 16.7. The number of carbonyl (C=O) groups excluding carboxylic acids is 1. The predicted molar refractivity (Wildman–Crippen MR) is 99.8 cm³/mol. The summed E-state index contributed by atoms with van der Waals surface area (Å²) in [7, 11) is 0. The quantitative estimate of drug-likeness (QED) is 0.767. The number of halogens is 1. The molecule has 1 unspecified atom stereocenters. The van der Waals surface area contributed by atoms with Gasteiger partial charge in [0.15, 0.2) is 0 Å². The average Bonchev–Trinajstić information content (AvgIpc) is 3.33. The molecule has 5 nitrogen and oxygen atoms in total. The van der Waals surface area contributed by atoms with Crippen LogP contribution in [0.2, 0.25) is 0 Å². The van der Waals surface area contributed by atoms with Crippen molar-refractivity contribution in [3.63, 3.8) is 0 Å². The van der Waals surface area contributed by atoms with E-state index >= 15 is 0 Å². The molecule has 1 aliphatic heterocycles. The second-order valence-electron chi connectivity index (χ2n) is 6.13. The van der Waals surface area contributed by atoms with E-state index in [1.54, 1.807) is 30.7 Å². The van der Waals surface area contributed by atoms with Gasteiger partial charge in [-0.05, 0) is 30.7 Å². The van der Waals surface area contributed by atoms with Crippen LogP contribution in [0.5, 0.6) is 0 Å². The van der Waals surface area contributed by atoms with E-state index < -0.39 is 0 Å². The van der Waals surface area contributed by atoms with Gasteiger partial charge in [-0.1, -0.05) is 12.1 Å². The minimum absolute atomic E-state index is 0.00829. The number of nitrogens with one attached hydrogen (secondary N) is 1. The van der Waals surface area contributed by atoms with Crippen LogP contribution in [0.1, 0.15) is 16.1 Å². The zero-order chi connectivity index (χ0) is 17.9. The van der Waals surface area contributed by atoms with Gasteiger partial charge in [-0.25, -0.2) is 9.37 Å². The van der Waals surface area contributed by atoms with Crippen molar-refractivity contribution in [3.8, 4) is 10.6 Å². The Balaban J connectivity index is 1.40. The van der Waals surface area contributed by atoms with Gasteiger partial charge < -0.3 is 10.2 Å². The number of para-hydroxylation sites is 1. The summed E-state index contributed by atoms with van der Waals surface area (Å²) in [6, 6.07) is 10.5. The minimum Gasteiger partial charge on any atom is -0.367 e. The number of amides is 1. The Bertz CT molecular complexity index is 915. The molecule has 1 aromatic carbocycles. The smallest absolute Gasteiger partial charge is 0.263 e. The van der Waals surface area contributed by atoms with Gasteiger partial charge >= 0.3 is 0 Å². The molecule has 0 saturated carbocycles. The summed E-state index contributed by atoms with van der Waals surface area (Å²) in [6.45, 7) is 1.32. The molecule has 1 N–H and O–H groups in total. The molecule has 1 amide bonds. The molecule has 0 aliphatic carbocycles. The summed E-state index contributed by atoms with van der Waals surface area (Å²) < 4.78 is 13.9. The summed E-state index contributed by atoms with van der Waals surface area (Å²) in [4.78, 5) is 23.4. The summed E-state index contributed by atoms with van der Waals surface area (Å²) in [5.41, 5.74) is 1.48. The molecule has 3 aromatic rings. The van der Waals surface area contributed by atoms with Crippen molar-refractivity contribution in [1.82, 2.24) is 15.3 Å². The molecule has 132 valence electrons. The maximum Gasteiger partial charge on any atom is 0.263 e. The fourth-order valence-corrected chi connectivity index (χ4v) is 3.87. The molecule has 1 atom stereocenters. The van der Waals surface area contributed by atoms with Crippen LogP contribution in [0.3, 0.4) is 0 Å². The monoisotopic (exact) mass is 368 g/mol. The van der Waals surface area contributed by atoms with Gasteiger partial charge in [0.05, 0.1) is 11.9 Å². The molecule has 1 fully saturated rings. The Labute approximate surface area is 154 Å². The molecule has 0 spiro atoms. The predicted octanol–water partition coefficient (Wildman–Crippen LogP) is 3.35. The first-order chi connectivity index (χ1) is 12.7. The standard InChI is InChI=1S/C19H17FN4OS/c20-15-5-1-2-6-16(15)24-9-7-14(12-24)23-18(25)17-11-22-19(26-17)13-4-3-8-21-10-13/h1-6,8,10-11,14H,7,9,12H2,(H,23,25). The van der Waals surface area contributed by atoms with E-state index in [0.29, 0.717) is 17.1 Å². The number of anilines is 1. The Kier molecular flexibility index (Phi) is 4.62. The number of rotatable bonds is 4. The number of carbonyl (C=O) groups is 1. The molecular formula is C19H17FN4OS. The summed E-state index contributed by atoms with van der Waals surface area (Å²) in [5, 5.41) is 3.80. The molecule has 4 rings (SSSR count). The zero-order valence-corrected chi connectivity index (χ0v) is 14.7. The Morgan fingerprint density at radius 2 is 2.12 bits per heavy atom. The number of thiazole rings is 1. The van der Waals surface area contributed by atoms with E-state index in [1.807, 2.05) is 23.1 Å². The van der Waals surface area contributed by atoms with Gasteiger partial charge in [0, 0.05) is 37.1 Å². The van der Waals surface area contributed by atoms with Crippen molar-refractivity contribution >= 4 is 22.9 Å². The molecule has 7 heteroatoms. The fourth-order valence-electron chi connectivity index (χ4n) is 3.06. The van der Waals surface area contributed by atoms with Crippen LogP contribution in [0.4, 0.5) is 10.1 Å². The molecular weight excluding hydrogens is 351 g/mol. The van der Waals surface area contributed by atoms with E-state index in [9.17, 15) is 9.18 Å². The lowest BCUT2D eigenvalue weighted by molar-refractivity contribution is 0.0944. The Morgan fingerprint density at radius 3 is 2.92 bits per heavy atom. The van der Waals surface area contributed by atoms with Gasteiger partial charge in [-0.2, -0.15) is 0 Å². The second-order valence-corrected chi connectivity index (χ2v) is 7.16. The van der Waals surface area contributed by atoms with Crippen LogP contribution in [-0.4, -0.2) is 35.0 Å². The number of nitrogens with zero attached hydrogens (tertiary/aromatic N) is 3. The van der Waals surface area contributed by atoms with Gasteiger partial charge in [0.25, 0.3) is 5.91 Å². The Hall–Kier alpha value is -2.80. The van der Waals surface area contributed by atoms with Crippen LogP contribution < -0.4 is 10.2 Å². The third-order valence-corrected chi connectivity index (χ3v) is 5.40. The number of hydrogen-bond donors (Lipinski definition) is 1. The maximum atomic E-state index is 13.9. The van der Waals surface area contributed by atoms with Crippen molar-refractivity contribution in [3.05, 3.63) is 65.7 Å². The van der Waals surface area contributed by atoms with Crippen molar-refractivity contribution in [2.45, 2.75) is 12.5 Å². The molecule has 26 heavy (non-hydrogen) atoms. The number of hydrogen-bond acceptors (Lipinski definition) is 5. The zero-order valence-electron chi connectivity index (χ0n) is 13.9. The van der Waals surface area contributed by atoms with E-state index in [2.05, 4.69) is 15.3 Å². The molecule has 1 aliphatic rings. The van der Waals surface area contributed by atoms with Gasteiger partial charge in [-0.3, -0.25) is 9.78 Å². The third kappa shape index (κ3) is 3.43. The van der Waals surface area contributed by atoms with Crippen LogP contribution in [0.25, 0.3) is 10.6 Å². The van der Waals surface area contributed by atoms with Crippen LogP contribution in [0, 0.1) is 5.82 Å². The minimum atomic E-state index is -0.233. The number of benzene rings is 1. The highest BCUT2D eigenvalue weighted by Gasteiger charge is 2.26. The number of aromatic nitrogens is 2. The van der Waals surface area contributed by atoms with Gasteiger partial charge in [-0.15, -0.1) is 11.3 Å². The maximum absolute atomic E-state index is 13.9. The van der Waals surface area contributed by atoms with E-state index in [4.69, 9.17) is 0 Å². The van der Waals surface area contributed by atoms with E-state index in [1.165, 1.54) is 17.4 Å². The summed E-state index contributed by atoms with van der Waals surface area (Å²) in [6.07, 6.45) is 5.80. The van der Waals surface area contributed by atoms with Crippen molar-refractivity contribution in [2.24, 2.45) is 0 Å². The SMILES string of the molecule is O=C(NC1CCN(c2ccccc2F)C1)c1cnc(-c2cccnc2)s1. The molecule has 2 aromatic heterocycles. The van der Waals surface area contributed by atoms with Crippen molar-refractivity contribution in [1.29, 1.82) is 0 Å². The summed E-state index contributed by atoms with van der Waals surface area (Å²) in [5.74, 6) is -0.374. The van der Waals surface area contributed by atoms with Gasteiger partial charge in [0.1, 0.15) is 15.7 Å². The topological polar surface area (TPSA) is 58.1 Å². The highest BCUT2D eigenvalue weighted by atomic mass is 32.1. The highest BCUT2D eigenvalue weighted by Crippen LogP contribution is 2.26. The average molecular weight is 368 g/mol. The second kappa shape index (κ2) is 7.21. The fraction of sp³-hybridized carbons (Fsp3) is 0.211. The van der Waals surface area contributed by atoms with Crippen LogP contribution in [-0.2, 0) is 0 Å². The normalized spacial score (nSPS) is 16.7. The third-order valence-electron chi connectivity index (χ3n) is 4.35. The van der Waals surface area contributed by atoms with E-state index in [-0.39, 0.29) is 17.8 Å². The van der Waals surface area contributed by atoms with E-state index in [0.717, 1.165) is 23.5 Å². The molecule has 1 saturated heterocycles. The number of pyridine rings is 1. The van der Waals surface area contributed by atoms with Crippen molar-refractivity contribution in [2.75, 3.05) is 18.0 Å². The lowest BCUT2D eigenvalue weighted by Crippen LogP contribution is -2.36. The summed E-state index contributed by atoms with van der Waals surface area (Å²) >= 11 is 1.34. The molecule has 3 heterocycles. The van der Waals surface area contributed by atoms with Crippen LogP contribution in [0.15, 0.2) is 55.0 Å². The molecule has 0 radical (unpaired) electrons. The lowest BCUT2D eigenvalue weighted by atomic mass is 10.2. The highest BCUT2D eigenvalue weighted by molar-refractivity contribution is 7.16. The largest absolute Gasteiger partial charge is 0.367 e. The van der Waals surface area contributed by atoms with Crippen molar-refractivity contribution < 1.29 is 9.18 Å². The van der Waals surface area contributed by atoms with Gasteiger partial charge in [0.2, 0.25) is 0 Å².